The molecule has 0 unspecified atom stereocenters. The molecule has 0 saturated carbocycles. The summed E-state index contributed by atoms with van der Waals surface area (Å²) in [4.78, 5) is 17.9. The smallest absolute Gasteiger partial charge is 0.262 e. The van der Waals surface area contributed by atoms with E-state index in [0.29, 0.717) is 23.8 Å². The maximum Gasteiger partial charge on any atom is 0.262 e. The number of nitrogens with one attached hydrogen (secondary N) is 1. The Labute approximate surface area is 223 Å². The van der Waals surface area contributed by atoms with Gasteiger partial charge in [-0.1, -0.05) is 42.5 Å². The molecule has 0 aliphatic carbocycles. The number of anilines is 1. The van der Waals surface area contributed by atoms with Gasteiger partial charge in [0.2, 0.25) is 0 Å². The van der Waals surface area contributed by atoms with Crippen molar-refractivity contribution < 1.29 is 19.0 Å². The van der Waals surface area contributed by atoms with Crippen molar-refractivity contribution in [3.05, 3.63) is 83.9 Å². The highest BCUT2D eigenvalue weighted by atomic mass is 32.1. The van der Waals surface area contributed by atoms with Crippen LogP contribution in [0, 0.1) is 0 Å². The summed E-state index contributed by atoms with van der Waals surface area (Å²) < 4.78 is 16.8. The zero-order valence-electron chi connectivity index (χ0n) is 21.3. The quantitative estimate of drug-likeness (QED) is 0.393. The van der Waals surface area contributed by atoms with Crippen LogP contribution in [0.25, 0.3) is 0 Å². The Kier molecular flexibility index (Phi) is 9.35. The summed E-state index contributed by atoms with van der Waals surface area (Å²) in [6, 6.07) is 23.3. The maximum absolute atomic E-state index is 12.4. The number of methoxy groups -OCH3 is 1. The number of amides is 1. The van der Waals surface area contributed by atoms with Crippen LogP contribution in [0.5, 0.6) is 17.2 Å². The molecule has 0 spiro atoms. The first-order valence-electron chi connectivity index (χ1n) is 12.4. The summed E-state index contributed by atoms with van der Waals surface area (Å²) >= 11 is 5.83. The molecule has 37 heavy (non-hydrogen) atoms. The average molecular weight is 520 g/mol. The molecule has 1 heterocycles. The van der Waals surface area contributed by atoms with E-state index in [0.717, 1.165) is 49.0 Å². The number of thiocarbonyl (C=S) groups is 1. The molecule has 1 fully saturated rings. The van der Waals surface area contributed by atoms with Gasteiger partial charge in [-0.2, -0.15) is 0 Å². The number of carbonyl (C=O) groups is 1. The van der Waals surface area contributed by atoms with Gasteiger partial charge < -0.3 is 24.4 Å². The van der Waals surface area contributed by atoms with Crippen LogP contribution in [0.15, 0.2) is 72.8 Å². The average Bonchev–Trinajstić information content (AvgIpc) is 2.93. The van der Waals surface area contributed by atoms with Crippen molar-refractivity contribution in [2.24, 2.45) is 0 Å². The lowest BCUT2D eigenvalue weighted by Gasteiger charge is -2.36. The van der Waals surface area contributed by atoms with Crippen molar-refractivity contribution in [1.82, 2.24) is 9.80 Å². The molecular weight excluding hydrogens is 486 g/mol. The first-order chi connectivity index (χ1) is 18.1. The molecule has 0 aromatic heterocycles. The fourth-order valence-electron chi connectivity index (χ4n) is 4.18. The van der Waals surface area contributed by atoms with Crippen LogP contribution in [0.2, 0.25) is 0 Å². The fourth-order valence-corrected chi connectivity index (χ4v) is 4.49. The highest BCUT2D eigenvalue weighted by Crippen LogP contribution is 2.29. The Morgan fingerprint density at radius 3 is 2.32 bits per heavy atom. The number of hydrogen-bond donors (Lipinski definition) is 1. The molecule has 1 aliphatic heterocycles. The number of nitrogens with zero attached hydrogens (tertiary/aromatic N) is 2. The minimum Gasteiger partial charge on any atom is -0.497 e. The van der Waals surface area contributed by atoms with Gasteiger partial charge in [0.05, 0.1) is 13.7 Å². The van der Waals surface area contributed by atoms with E-state index in [4.69, 9.17) is 26.4 Å². The van der Waals surface area contributed by atoms with Crippen LogP contribution >= 0.6 is 12.2 Å². The van der Waals surface area contributed by atoms with Gasteiger partial charge in [-0.15, -0.1) is 0 Å². The second-order valence-electron chi connectivity index (χ2n) is 8.71. The normalized spacial score (nSPS) is 13.6. The third-order valence-corrected chi connectivity index (χ3v) is 6.63. The second-order valence-corrected chi connectivity index (χ2v) is 9.10. The predicted molar refractivity (Wildman–Crippen MR) is 150 cm³/mol. The number of piperazine rings is 1. The standard InChI is InChI=1S/C29H33N3O4S/c1-3-35-27-19-23(29(37)32-17-15-31(16-18-32)20-22-7-5-4-6-8-22)9-14-26(27)36-21-28(33)30-24-10-12-25(34-2)13-11-24/h4-14,19H,3,15-18,20-21H2,1-2H3,(H,30,33). The number of ether oxygens (including phenoxy) is 3. The lowest BCUT2D eigenvalue weighted by atomic mass is 10.1. The molecule has 7 nitrogen and oxygen atoms in total. The van der Waals surface area contributed by atoms with E-state index < -0.39 is 0 Å². The van der Waals surface area contributed by atoms with Gasteiger partial charge in [0.1, 0.15) is 10.7 Å². The van der Waals surface area contributed by atoms with Gasteiger partial charge in [-0.3, -0.25) is 9.69 Å². The monoisotopic (exact) mass is 519 g/mol. The summed E-state index contributed by atoms with van der Waals surface area (Å²) in [6.45, 7) is 6.86. The van der Waals surface area contributed by atoms with Gasteiger partial charge in [-0.25, -0.2) is 0 Å². The summed E-state index contributed by atoms with van der Waals surface area (Å²) in [7, 11) is 1.60. The van der Waals surface area contributed by atoms with Crippen molar-refractivity contribution >= 4 is 28.8 Å². The Bertz CT molecular complexity index is 1180. The molecular formula is C29H33N3O4S. The number of rotatable bonds is 10. The van der Waals surface area contributed by atoms with Gasteiger partial charge in [0, 0.05) is 44.0 Å². The summed E-state index contributed by atoms with van der Waals surface area (Å²) in [5, 5.41) is 2.81. The first kappa shape index (κ1) is 26.4. The fraction of sp³-hybridized carbons (Fsp3) is 0.310. The predicted octanol–water partition coefficient (Wildman–Crippen LogP) is 4.60. The van der Waals surface area contributed by atoms with Gasteiger partial charge in [0.15, 0.2) is 18.1 Å². The Balaban J connectivity index is 1.32. The third kappa shape index (κ3) is 7.44. The Morgan fingerprint density at radius 1 is 0.919 bits per heavy atom. The van der Waals surface area contributed by atoms with Crippen LogP contribution in [0.3, 0.4) is 0 Å². The number of benzene rings is 3. The van der Waals surface area contributed by atoms with Crippen LogP contribution < -0.4 is 19.5 Å². The van der Waals surface area contributed by atoms with Crippen molar-refractivity contribution in [1.29, 1.82) is 0 Å². The second kappa shape index (κ2) is 13.1. The summed E-state index contributed by atoms with van der Waals surface area (Å²) in [5.74, 6) is 1.54. The van der Waals surface area contributed by atoms with E-state index in [9.17, 15) is 4.79 Å². The topological polar surface area (TPSA) is 63.3 Å². The zero-order chi connectivity index (χ0) is 26.0. The molecule has 1 aliphatic rings. The highest BCUT2D eigenvalue weighted by molar-refractivity contribution is 7.80. The molecule has 0 radical (unpaired) electrons. The third-order valence-electron chi connectivity index (χ3n) is 6.13. The minimum atomic E-state index is -0.263. The highest BCUT2D eigenvalue weighted by Gasteiger charge is 2.21. The molecule has 3 aromatic carbocycles. The van der Waals surface area contributed by atoms with Crippen LogP contribution in [-0.4, -0.2) is 67.2 Å². The number of hydrogen-bond acceptors (Lipinski definition) is 6. The molecule has 0 atom stereocenters. The summed E-state index contributed by atoms with van der Waals surface area (Å²) in [6.07, 6.45) is 0. The van der Waals surface area contributed by atoms with Crippen LogP contribution in [0.1, 0.15) is 18.1 Å². The summed E-state index contributed by atoms with van der Waals surface area (Å²) in [5.41, 5.74) is 2.90. The SMILES string of the molecule is CCOc1cc(C(=S)N2CCN(Cc3ccccc3)CC2)ccc1OCC(=O)Nc1ccc(OC)cc1. The molecule has 4 rings (SSSR count). The number of carbonyl (C=O) groups excluding carboxylic acids is 1. The zero-order valence-corrected chi connectivity index (χ0v) is 22.1. The van der Waals surface area contributed by atoms with Crippen molar-refractivity contribution in [2.45, 2.75) is 13.5 Å². The Hall–Kier alpha value is -3.62. The van der Waals surface area contributed by atoms with E-state index in [1.807, 2.05) is 31.2 Å². The van der Waals surface area contributed by atoms with Crippen molar-refractivity contribution in [3.8, 4) is 17.2 Å². The molecule has 1 N–H and O–H groups in total. The van der Waals surface area contributed by atoms with Crippen LogP contribution in [-0.2, 0) is 11.3 Å². The first-order valence-corrected chi connectivity index (χ1v) is 12.9. The van der Waals surface area contributed by atoms with Gasteiger partial charge in [-0.05, 0) is 55.0 Å². The molecule has 0 bridgehead atoms. The molecule has 1 saturated heterocycles. The van der Waals surface area contributed by atoms with E-state index in [1.54, 1.807) is 31.4 Å². The van der Waals surface area contributed by atoms with Gasteiger partial charge >= 0.3 is 0 Å². The molecule has 194 valence electrons. The van der Waals surface area contributed by atoms with Gasteiger partial charge in [0.25, 0.3) is 5.91 Å². The lowest BCUT2D eigenvalue weighted by Crippen LogP contribution is -2.48. The molecule has 3 aromatic rings. The minimum absolute atomic E-state index is 0.140. The van der Waals surface area contributed by atoms with E-state index >= 15 is 0 Å². The van der Waals surface area contributed by atoms with Crippen LogP contribution in [0.4, 0.5) is 5.69 Å². The molecule has 8 heteroatoms. The van der Waals surface area contributed by atoms with Crippen molar-refractivity contribution in [3.63, 3.8) is 0 Å². The maximum atomic E-state index is 12.4. The van der Waals surface area contributed by atoms with E-state index in [2.05, 4.69) is 39.4 Å². The lowest BCUT2D eigenvalue weighted by molar-refractivity contribution is -0.118. The molecule has 1 amide bonds. The van der Waals surface area contributed by atoms with E-state index in [-0.39, 0.29) is 12.5 Å². The largest absolute Gasteiger partial charge is 0.497 e. The van der Waals surface area contributed by atoms with E-state index in [1.165, 1.54) is 5.56 Å². The van der Waals surface area contributed by atoms with Crippen molar-refractivity contribution in [2.75, 3.05) is 51.8 Å². The Morgan fingerprint density at radius 2 is 1.65 bits per heavy atom.